The topological polar surface area (TPSA) is 12.9 Å². The van der Waals surface area contributed by atoms with E-state index in [1.807, 2.05) is 0 Å². The van der Waals surface area contributed by atoms with Gasteiger partial charge in [-0.2, -0.15) is 13.2 Å². The molecule has 2 rings (SSSR count). The third-order valence-electron chi connectivity index (χ3n) is 2.08. The van der Waals surface area contributed by atoms with Crippen molar-refractivity contribution in [2.45, 2.75) is 6.18 Å². The largest absolute Gasteiger partial charge is 0.381 e. The summed E-state index contributed by atoms with van der Waals surface area (Å²) in [6.07, 6.45) is -2.93. The number of benzene rings is 1. The van der Waals surface area contributed by atoms with Crippen molar-refractivity contribution in [3.05, 3.63) is 54.2 Å². The Bertz CT molecular complexity index is 483. The van der Waals surface area contributed by atoms with Crippen molar-refractivity contribution in [2.75, 3.05) is 0 Å². The first-order valence-electron chi connectivity index (χ1n) is 4.58. The van der Waals surface area contributed by atoms with Gasteiger partial charge in [0.1, 0.15) is 0 Å². The summed E-state index contributed by atoms with van der Waals surface area (Å²) in [5, 5.41) is 0. The number of pyridine rings is 1. The van der Waals surface area contributed by atoms with Crippen molar-refractivity contribution in [3.8, 4) is 11.3 Å². The van der Waals surface area contributed by atoms with Gasteiger partial charge in [-0.15, -0.1) is 29.8 Å². The summed E-state index contributed by atoms with van der Waals surface area (Å²) >= 11 is 0. The second-order valence-corrected chi connectivity index (χ2v) is 3.17. The van der Waals surface area contributed by atoms with Gasteiger partial charge in [-0.05, 0) is 17.3 Å². The zero-order chi connectivity index (χ0) is 11.6. The maximum Gasteiger partial charge on any atom is 0.381 e. The average Bonchev–Trinajstić information content (AvgIpc) is 2.29. The Morgan fingerprint density at radius 3 is 2.41 bits per heavy atom. The average molecular weight is 414 g/mol. The molecule has 17 heavy (non-hydrogen) atoms. The van der Waals surface area contributed by atoms with Crippen LogP contribution in [0.15, 0.2) is 42.6 Å². The Morgan fingerprint density at radius 1 is 1.06 bits per heavy atom. The maximum absolute atomic E-state index is 12.7. The molecule has 0 saturated heterocycles. The van der Waals surface area contributed by atoms with Gasteiger partial charge in [0, 0.05) is 26.3 Å². The first-order chi connectivity index (χ1) is 7.59. The van der Waals surface area contributed by atoms with E-state index in [0.717, 1.165) is 6.07 Å². The molecule has 91 valence electrons. The fourth-order valence-corrected chi connectivity index (χ4v) is 1.40. The quantitative estimate of drug-likeness (QED) is 0.651. The van der Waals surface area contributed by atoms with Gasteiger partial charge in [0.15, 0.2) is 0 Å². The second-order valence-electron chi connectivity index (χ2n) is 3.17. The van der Waals surface area contributed by atoms with Crippen LogP contribution in [0.1, 0.15) is 5.56 Å². The van der Waals surface area contributed by atoms with E-state index in [1.54, 1.807) is 12.1 Å². The molecular weight excluding hydrogens is 407 g/mol. The van der Waals surface area contributed by atoms with Gasteiger partial charge in [0.2, 0.25) is 0 Å². The summed E-state index contributed by atoms with van der Waals surface area (Å²) in [5.41, 5.74) is -0.459. The summed E-state index contributed by atoms with van der Waals surface area (Å²) in [6, 6.07) is 11.2. The molecule has 0 aliphatic heterocycles. The van der Waals surface area contributed by atoms with Crippen LogP contribution in [0.3, 0.4) is 0 Å². The molecule has 1 nitrogen and oxygen atoms in total. The van der Waals surface area contributed by atoms with E-state index in [1.165, 1.54) is 24.4 Å². The molecule has 0 unspecified atom stereocenters. The van der Waals surface area contributed by atoms with Gasteiger partial charge in [-0.3, -0.25) is 0 Å². The van der Waals surface area contributed by atoms with Crippen molar-refractivity contribution in [3.63, 3.8) is 0 Å². The monoisotopic (exact) mass is 415 g/mol. The van der Waals surface area contributed by atoms with E-state index in [9.17, 15) is 13.2 Å². The Balaban J connectivity index is 0.00000144. The number of nitrogens with zero attached hydrogens (tertiary/aromatic N) is 1. The molecular formula is C12H7F3IrN-. The minimum atomic E-state index is -4.38. The van der Waals surface area contributed by atoms with Gasteiger partial charge in [-0.1, -0.05) is 12.1 Å². The molecule has 0 bridgehead atoms. The van der Waals surface area contributed by atoms with E-state index >= 15 is 0 Å². The number of rotatable bonds is 1. The Morgan fingerprint density at radius 2 is 1.82 bits per heavy atom. The van der Waals surface area contributed by atoms with Crippen LogP contribution in [0, 0.1) is 6.07 Å². The third kappa shape index (κ3) is 3.14. The second kappa shape index (κ2) is 5.43. The Labute approximate surface area is 110 Å². The van der Waals surface area contributed by atoms with Crippen molar-refractivity contribution in [1.29, 1.82) is 0 Å². The normalized spacial score (nSPS) is 10.8. The van der Waals surface area contributed by atoms with Crippen LogP contribution in [0.2, 0.25) is 0 Å². The van der Waals surface area contributed by atoms with Crippen LogP contribution in [0.25, 0.3) is 11.3 Å². The molecule has 0 aliphatic rings. The molecule has 1 aromatic heterocycles. The molecule has 0 saturated carbocycles. The summed E-state index contributed by atoms with van der Waals surface area (Å²) < 4.78 is 38.1. The number of alkyl halides is 3. The zero-order valence-electron chi connectivity index (χ0n) is 8.46. The number of hydrogen-bond acceptors (Lipinski definition) is 1. The first kappa shape index (κ1) is 13.9. The Kier molecular flexibility index (Phi) is 4.43. The number of halogens is 3. The molecule has 0 aliphatic carbocycles. The molecule has 0 N–H and O–H groups in total. The molecule has 2 aromatic rings. The molecule has 1 radical (unpaired) electrons. The Hall–Kier alpha value is -1.19. The first-order valence-corrected chi connectivity index (χ1v) is 4.58. The molecule has 1 heterocycles. The summed E-state index contributed by atoms with van der Waals surface area (Å²) in [7, 11) is 0. The van der Waals surface area contributed by atoms with E-state index in [-0.39, 0.29) is 31.4 Å². The predicted octanol–water partition coefficient (Wildman–Crippen LogP) is 3.57. The van der Waals surface area contributed by atoms with Gasteiger partial charge < -0.3 is 4.98 Å². The summed E-state index contributed by atoms with van der Waals surface area (Å²) in [6.45, 7) is 0. The number of hydrogen-bond donors (Lipinski definition) is 0. The van der Waals surface area contributed by atoms with Crippen LogP contribution in [-0.4, -0.2) is 4.98 Å². The molecule has 0 fully saturated rings. The van der Waals surface area contributed by atoms with Crippen LogP contribution >= 0.6 is 0 Å². The molecule has 0 atom stereocenters. The smallest absolute Gasteiger partial charge is 0.305 e. The SMILES string of the molecule is FC(F)(F)c1ccc[c-]c1-c1ccccn1.[Ir]. The van der Waals surface area contributed by atoms with Crippen molar-refractivity contribution < 1.29 is 33.3 Å². The van der Waals surface area contributed by atoms with E-state index in [4.69, 9.17) is 0 Å². The molecule has 1 aromatic carbocycles. The molecule has 5 heteroatoms. The number of aromatic nitrogens is 1. The maximum atomic E-state index is 12.7. The minimum absolute atomic E-state index is 0. The van der Waals surface area contributed by atoms with Gasteiger partial charge in [0.25, 0.3) is 0 Å². The third-order valence-corrected chi connectivity index (χ3v) is 2.08. The minimum Gasteiger partial charge on any atom is -0.305 e. The van der Waals surface area contributed by atoms with Crippen LogP contribution in [0.4, 0.5) is 13.2 Å². The predicted molar refractivity (Wildman–Crippen MR) is 53.5 cm³/mol. The fraction of sp³-hybridized carbons (Fsp3) is 0.0833. The fourth-order valence-electron chi connectivity index (χ4n) is 1.40. The van der Waals surface area contributed by atoms with Crippen molar-refractivity contribution in [1.82, 2.24) is 4.98 Å². The van der Waals surface area contributed by atoms with Crippen LogP contribution in [0.5, 0.6) is 0 Å². The van der Waals surface area contributed by atoms with E-state index in [2.05, 4.69) is 11.1 Å². The van der Waals surface area contributed by atoms with Crippen LogP contribution < -0.4 is 0 Å². The summed E-state index contributed by atoms with van der Waals surface area (Å²) in [4.78, 5) is 3.89. The van der Waals surface area contributed by atoms with Gasteiger partial charge in [-0.25, -0.2) is 0 Å². The zero-order valence-corrected chi connectivity index (χ0v) is 10.9. The standard InChI is InChI=1S/C12H7F3N.Ir/c13-12(14,15)10-6-2-1-5-9(10)11-7-3-4-8-16-11;/h1-4,6-8H;/q-1;. The molecule has 0 spiro atoms. The van der Waals surface area contributed by atoms with Crippen molar-refractivity contribution in [2.24, 2.45) is 0 Å². The molecule has 0 amide bonds. The van der Waals surface area contributed by atoms with Gasteiger partial charge in [0.05, 0.1) is 0 Å². The van der Waals surface area contributed by atoms with Crippen LogP contribution in [-0.2, 0) is 26.3 Å². The van der Waals surface area contributed by atoms with E-state index < -0.39 is 11.7 Å². The van der Waals surface area contributed by atoms with E-state index in [0.29, 0.717) is 0 Å². The van der Waals surface area contributed by atoms with Gasteiger partial charge >= 0.3 is 6.18 Å². The van der Waals surface area contributed by atoms with Crippen molar-refractivity contribution >= 4 is 0 Å². The summed E-state index contributed by atoms with van der Waals surface area (Å²) in [5.74, 6) is 0.